The highest BCUT2D eigenvalue weighted by Gasteiger charge is 2.37. The first-order valence-corrected chi connectivity index (χ1v) is 7.23. The average Bonchev–Trinajstić information content (AvgIpc) is 2.90. The number of amides is 1. The molecule has 3 atom stereocenters. The van der Waals surface area contributed by atoms with Gasteiger partial charge in [-0.3, -0.25) is 4.79 Å². The number of nitrogens with zero attached hydrogens (tertiary/aromatic N) is 1. The van der Waals surface area contributed by atoms with E-state index in [0.29, 0.717) is 19.5 Å². The highest BCUT2D eigenvalue weighted by molar-refractivity contribution is 7.81. The summed E-state index contributed by atoms with van der Waals surface area (Å²) in [5.74, 6) is 0.0405. The summed E-state index contributed by atoms with van der Waals surface area (Å²) in [5, 5.41) is -0.328. The summed E-state index contributed by atoms with van der Waals surface area (Å²) in [6.07, 6.45) is 0.525. The van der Waals surface area contributed by atoms with Crippen LogP contribution in [0.4, 0.5) is 0 Å². The van der Waals surface area contributed by atoms with Crippen LogP contribution in [0.3, 0.4) is 0 Å². The summed E-state index contributed by atoms with van der Waals surface area (Å²) in [6, 6.07) is 9.93. The fourth-order valence-corrected chi connectivity index (χ4v) is 2.89. The number of benzene rings is 1. The van der Waals surface area contributed by atoms with Crippen molar-refractivity contribution in [3.63, 3.8) is 0 Å². The van der Waals surface area contributed by atoms with Crippen LogP contribution in [0.25, 0.3) is 0 Å². The molecule has 110 valence electrons. The molecule has 0 radical (unpaired) electrons. The second kappa shape index (κ2) is 7.11. The standard InChI is InChI=1S/C15H21NO3S/c1-18-12-9-16(10-13(12)19-2)15(17)14(20)8-11-6-4-3-5-7-11/h3-7,12-14,20H,8-10H2,1-2H3. The smallest absolute Gasteiger partial charge is 0.235 e. The Hall–Kier alpha value is -1.04. The van der Waals surface area contributed by atoms with E-state index < -0.39 is 0 Å². The zero-order chi connectivity index (χ0) is 14.5. The quantitative estimate of drug-likeness (QED) is 0.835. The molecule has 1 aromatic rings. The molecule has 4 nitrogen and oxygen atoms in total. The second-order valence-corrected chi connectivity index (χ2v) is 5.62. The number of hydrogen-bond donors (Lipinski definition) is 1. The zero-order valence-corrected chi connectivity index (χ0v) is 12.8. The summed E-state index contributed by atoms with van der Waals surface area (Å²) in [6.45, 7) is 1.14. The van der Waals surface area contributed by atoms with Crippen LogP contribution in [0.5, 0.6) is 0 Å². The van der Waals surface area contributed by atoms with Gasteiger partial charge in [-0.1, -0.05) is 30.3 Å². The Bertz CT molecular complexity index is 428. The molecule has 0 N–H and O–H groups in total. The first kappa shape index (κ1) is 15.4. The lowest BCUT2D eigenvalue weighted by Gasteiger charge is -2.20. The van der Waals surface area contributed by atoms with Crippen molar-refractivity contribution in [3.8, 4) is 0 Å². The Morgan fingerprint density at radius 3 is 2.30 bits per heavy atom. The third kappa shape index (κ3) is 3.53. The lowest BCUT2D eigenvalue weighted by molar-refractivity contribution is -0.130. The number of carbonyl (C=O) groups is 1. The van der Waals surface area contributed by atoms with Crippen LogP contribution in [-0.2, 0) is 20.7 Å². The fourth-order valence-electron chi connectivity index (χ4n) is 2.51. The van der Waals surface area contributed by atoms with Gasteiger partial charge in [-0.25, -0.2) is 0 Å². The van der Waals surface area contributed by atoms with Crippen LogP contribution < -0.4 is 0 Å². The molecular weight excluding hydrogens is 274 g/mol. The molecule has 1 aliphatic heterocycles. The van der Waals surface area contributed by atoms with Crippen molar-refractivity contribution >= 4 is 18.5 Å². The topological polar surface area (TPSA) is 38.8 Å². The molecule has 1 aromatic carbocycles. The summed E-state index contributed by atoms with van der Waals surface area (Å²) in [5.41, 5.74) is 1.12. The maximum absolute atomic E-state index is 12.4. The van der Waals surface area contributed by atoms with E-state index in [2.05, 4.69) is 12.6 Å². The molecule has 0 bridgehead atoms. The SMILES string of the molecule is COC1CN(C(=O)C(S)Cc2ccccc2)CC1OC. The van der Waals surface area contributed by atoms with Gasteiger partial charge in [0.1, 0.15) is 12.2 Å². The number of ether oxygens (including phenoxy) is 2. The van der Waals surface area contributed by atoms with Crippen molar-refractivity contribution in [2.75, 3.05) is 27.3 Å². The lowest BCUT2D eigenvalue weighted by atomic mass is 10.1. The van der Waals surface area contributed by atoms with E-state index in [4.69, 9.17) is 9.47 Å². The fraction of sp³-hybridized carbons (Fsp3) is 0.533. The van der Waals surface area contributed by atoms with Gasteiger partial charge in [-0.05, 0) is 12.0 Å². The van der Waals surface area contributed by atoms with Crippen LogP contribution in [0.15, 0.2) is 30.3 Å². The first-order chi connectivity index (χ1) is 9.65. The molecule has 5 heteroatoms. The number of likely N-dealkylation sites (tertiary alicyclic amines) is 1. The molecule has 2 rings (SSSR count). The van der Waals surface area contributed by atoms with Gasteiger partial charge in [0.2, 0.25) is 5.91 Å². The van der Waals surface area contributed by atoms with Gasteiger partial charge in [-0.2, -0.15) is 12.6 Å². The van der Waals surface area contributed by atoms with Crippen molar-refractivity contribution in [2.24, 2.45) is 0 Å². The predicted octanol–water partition coefficient (Wildman–Crippen LogP) is 1.40. The second-order valence-electron chi connectivity index (χ2n) is 5.00. The van der Waals surface area contributed by atoms with Crippen LogP contribution in [0, 0.1) is 0 Å². The molecule has 0 spiro atoms. The minimum Gasteiger partial charge on any atom is -0.377 e. The average molecular weight is 295 g/mol. The first-order valence-electron chi connectivity index (χ1n) is 6.72. The Labute approximate surface area is 125 Å². The third-order valence-corrected chi connectivity index (χ3v) is 4.09. The van der Waals surface area contributed by atoms with Crippen molar-refractivity contribution in [1.82, 2.24) is 4.90 Å². The van der Waals surface area contributed by atoms with E-state index in [-0.39, 0.29) is 23.4 Å². The molecule has 1 amide bonds. The third-order valence-electron chi connectivity index (χ3n) is 3.69. The maximum Gasteiger partial charge on any atom is 0.235 e. The molecule has 1 fully saturated rings. The number of hydrogen-bond acceptors (Lipinski definition) is 4. The molecular formula is C15H21NO3S. The molecule has 0 saturated carbocycles. The Morgan fingerprint density at radius 2 is 1.80 bits per heavy atom. The van der Waals surface area contributed by atoms with Crippen LogP contribution in [-0.4, -0.2) is 55.6 Å². The number of carbonyl (C=O) groups excluding carboxylic acids is 1. The van der Waals surface area contributed by atoms with Crippen LogP contribution in [0.2, 0.25) is 0 Å². The van der Waals surface area contributed by atoms with E-state index in [1.165, 1.54) is 0 Å². The largest absolute Gasteiger partial charge is 0.377 e. The van der Waals surface area contributed by atoms with E-state index in [1.807, 2.05) is 30.3 Å². The van der Waals surface area contributed by atoms with Crippen molar-refractivity contribution in [2.45, 2.75) is 23.9 Å². The van der Waals surface area contributed by atoms with Gasteiger partial charge < -0.3 is 14.4 Å². The summed E-state index contributed by atoms with van der Waals surface area (Å²) < 4.78 is 10.7. The molecule has 3 unspecified atom stereocenters. The number of thiol groups is 1. The van der Waals surface area contributed by atoms with E-state index in [9.17, 15) is 4.79 Å². The van der Waals surface area contributed by atoms with Crippen molar-refractivity contribution in [3.05, 3.63) is 35.9 Å². The van der Waals surface area contributed by atoms with Crippen LogP contribution >= 0.6 is 12.6 Å². The van der Waals surface area contributed by atoms with E-state index in [1.54, 1.807) is 19.1 Å². The maximum atomic E-state index is 12.4. The van der Waals surface area contributed by atoms with Gasteiger partial charge >= 0.3 is 0 Å². The van der Waals surface area contributed by atoms with Crippen molar-refractivity contribution < 1.29 is 14.3 Å². The number of rotatable bonds is 5. The van der Waals surface area contributed by atoms with Gasteiger partial charge in [0.05, 0.1) is 5.25 Å². The van der Waals surface area contributed by atoms with Gasteiger partial charge in [0, 0.05) is 27.3 Å². The normalized spacial score (nSPS) is 23.9. The molecule has 20 heavy (non-hydrogen) atoms. The summed E-state index contributed by atoms with van der Waals surface area (Å²) in [4.78, 5) is 14.2. The molecule has 1 heterocycles. The number of methoxy groups -OCH3 is 2. The van der Waals surface area contributed by atoms with Gasteiger partial charge in [-0.15, -0.1) is 0 Å². The molecule has 1 aliphatic rings. The Balaban J connectivity index is 1.94. The van der Waals surface area contributed by atoms with Gasteiger partial charge in [0.25, 0.3) is 0 Å². The Morgan fingerprint density at radius 1 is 1.25 bits per heavy atom. The Kier molecular flexibility index (Phi) is 5.46. The highest BCUT2D eigenvalue weighted by atomic mass is 32.1. The summed E-state index contributed by atoms with van der Waals surface area (Å²) >= 11 is 4.46. The van der Waals surface area contributed by atoms with E-state index >= 15 is 0 Å². The van der Waals surface area contributed by atoms with Gasteiger partial charge in [0.15, 0.2) is 0 Å². The minimum atomic E-state index is -0.328. The zero-order valence-electron chi connectivity index (χ0n) is 11.9. The molecule has 0 aromatic heterocycles. The minimum absolute atomic E-state index is 0.0405. The van der Waals surface area contributed by atoms with Crippen molar-refractivity contribution in [1.29, 1.82) is 0 Å². The molecule has 1 saturated heterocycles. The van der Waals surface area contributed by atoms with E-state index in [0.717, 1.165) is 5.56 Å². The predicted molar refractivity (Wildman–Crippen MR) is 81.1 cm³/mol. The highest BCUT2D eigenvalue weighted by Crippen LogP contribution is 2.19. The molecule has 0 aliphatic carbocycles. The lowest BCUT2D eigenvalue weighted by Crippen LogP contribution is -2.37. The monoisotopic (exact) mass is 295 g/mol. The summed E-state index contributed by atoms with van der Waals surface area (Å²) in [7, 11) is 3.29. The van der Waals surface area contributed by atoms with Crippen LogP contribution in [0.1, 0.15) is 5.56 Å².